The van der Waals surface area contributed by atoms with Crippen LogP contribution in [0, 0.1) is 0 Å². The molecular formula is C18H19ClN4O3. The molecule has 3 heterocycles. The van der Waals surface area contributed by atoms with E-state index in [-0.39, 0.29) is 5.91 Å². The van der Waals surface area contributed by atoms with Gasteiger partial charge in [0.1, 0.15) is 5.69 Å². The Morgan fingerprint density at radius 1 is 1.15 bits per heavy atom. The van der Waals surface area contributed by atoms with E-state index >= 15 is 0 Å². The van der Waals surface area contributed by atoms with Gasteiger partial charge in [0.2, 0.25) is 5.95 Å². The molecule has 0 aliphatic carbocycles. The number of amides is 1. The lowest BCUT2D eigenvalue weighted by molar-refractivity contribution is -0.169. The third kappa shape index (κ3) is 3.51. The minimum absolute atomic E-state index is 0.295. The maximum Gasteiger partial charge on any atom is 0.274 e. The molecule has 26 heavy (non-hydrogen) atoms. The summed E-state index contributed by atoms with van der Waals surface area (Å²) < 4.78 is 11.5. The zero-order chi connectivity index (χ0) is 18.0. The number of benzene rings is 1. The number of nitrogens with one attached hydrogen (secondary N) is 1. The van der Waals surface area contributed by atoms with Crippen molar-refractivity contribution in [2.24, 2.45) is 0 Å². The summed E-state index contributed by atoms with van der Waals surface area (Å²) in [5.74, 6) is -0.238. The fourth-order valence-electron chi connectivity index (χ4n) is 3.21. The molecular weight excluding hydrogens is 356 g/mol. The number of hydrogen-bond acceptors (Lipinski definition) is 6. The molecule has 0 atom stereocenters. The topological polar surface area (TPSA) is 76.6 Å². The molecule has 1 amide bonds. The van der Waals surface area contributed by atoms with E-state index < -0.39 is 5.79 Å². The van der Waals surface area contributed by atoms with Gasteiger partial charge in [-0.25, -0.2) is 9.97 Å². The Hall–Kier alpha value is -2.22. The maximum atomic E-state index is 12.5. The van der Waals surface area contributed by atoms with Crippen molar-refractivity contribution < 1.29 is 14.3 Å². The smallest absolute Gasteiger partial charge is 0.274 e. The van der Waals surface area contributed by atoms with E-state index in [1.165, 1.54) is 0 Å². The van der Waals surface area contributed by atoms with Gasteiger partial charge in [-0.3, -0.25) is 4.79 Å². The molecule has 1 N–H and O–H groups in total. The molecule has 2 aliphatic rings. The molecule has 2 aliphatic heterocycles. The fraction of sp³-hybridized carbons (Fsp3) is 0.389. The average molecular weight is 375 g/mol. The van der Waals surface area contributed by atoms with Gasteiger partial charge >= 0.3 is 0 Å². The maximum absolute atomic E-state index is 12.5. The Morgan fingerprint density at radius 3 is 2.62 bits per heavy atom. The normalized spacial score (nSPS) is 18.9. The van der Waals surface area contributed by atoms with Crippen LogP contribution in [0.5, 0.6) is 0 Å². The van der Waals surface area contributed by atoms with Gasteiger partial charge in [0.25, 0.3) is 5.91 Å². The first-order valence-corrected chi connectivity index (χ1v) is 8.95. The van der Waals surface area contributed by atoms with Crippen LogP contribution in [0.3, 0.4) is 0 Å². The van der Waals surface area contributed by atoms with E-state index in [1.54, 1.807) is 24.4 Å². The zero-order valence-corrected chi connectivity index (χ0v) is 14.9. The summed E-state index contributed by atoms with van der Waals surface area (Å²) in [6.07, 6.45) is 3.11. The molecule has 1 aromatic heterocycles. The summed E-state index contributed by atoms with van der Waals surface area (Å²) in [6.45, 7) is 2.73. The lowest BCUT2D eigenvalue weighted by Crippen LogP contribution is -2.45. The van der Waals surface area contributed by atoms with Crippen molar-refractivity contribution in [2.45, 2.75) is 18.6 Å². The van der Waals surface area contributed by atoms with Crippen LogP contribution < -0.4 is 10.2 Å². The predicted octanol–water partition coefficient (Wildman–Crippen LogP) is 2.73. The standard InChI is InChI=1S/C18H19ClN4O3/c19-13-3-1-2-4-14(13)21-16(24)15-5-8-20-17(22-15)23-9-6-18(7-10-23)25-11-12-26-18/h1-5,8H,6-7,9-12H2,(H,21,24). The first-order valence-electron chi connectivity index (χ1n) is 8.57. The highest BCUT2D eigenvalue weighted by Crippen LogP contribution is 2.32. The number of carbonyl (C=O) groups excluding carboxylic acids is 1. The summed E-state index contributed by atoms with van der Waals surface area (Å²) in [5, 5.41) is 3.26. The van der Waals surface area contributed by atoms with E-state index in [2.05, 4.69) is 15.3 Å². The number of aromatic nitrogens is 2. The number of nitrogens with zero attached hydrogens (tertiary/aromatic N) is 3. The van der Waals surface area contributed by atoms with Crippen LogP contribution in [0.1, 0.15) is 23.3 Å². The van der Waals surface area contributed by atoms with Crippen LogP contribution in [0.2, 0.25) is 5.02 Å². The SMILES string of the molecule is O=C(Nc1ccccc1Cl)c1ccnc(N2CCC3(CC2)OCCO3)n1. The third-order valence-corrected chi connectivity index (χ3v) is 4.95. The summed E-state index contributed by atoms with van der Waals surface area (Å²) >= 11 is 6.09. The van der Waals surface area contributed by atoms with E-state index in [4.69, 9.17) is 21.1 Å². The second-order valence-electron chi connectivity index (χ2n) is 6.27. The second kappa shape index (κ2) is 7.19. The van der Waals surface area contributed by atoms with Crippen LogP contribution in [0.25, 0.3) is 0 Å². The highest BCUT2D eigenvalue weighted by Gasteiger charge is 2.40. The molecule has 1 aromatic carbocycles. The second-order valence-corrected chi connectivity index (χ2v) is 6.68. The lowest BCUT2D eigenvalue weighted by atomic mass is 10.0. The van der Waals surface area contributed by atoms with Crippen molar-refractivity contribution in [3.63, 3.8) is 0 Å². The van der Waals surface area contributed by atoms with Crippen LogP contribution >= 0.6 is 11.6 Å². The molecule has 0 radical (unpaired) electrons. The average Bonchev–Trinajstić information content (AvgIpc) is 3.12. The quantitative estimate of drug-likeness (QED) is 0.890. The predicted molar refractivity (Wildman–Crippen MR) is 97.5 cm³/mol. The van der Waals surface area contributed by atoms with E-state index in [9.17, 15) is 4.79 Å². The zero-order valence-electron chi connectivity index (χ0n) is 14.2. The number of rotatable bonds is 3. The number of para-hydroxylation sites is 1. The van der Waals surface area contributed by atoms with Gasteiger partial charge < -0.3 is 19.7 Å². The number of anilines is 2. The minimum atomic E-state index is -0.449. The van der Waals surface area contributed by atoms with Crippen molar-refractivity contribution in [2.75, 3.05) is 36.5 Å². The summed E-state index contributed by atoms with van der Waals surface area (Å²) in [4.78, 5) is 23.3. The number of ether oxygens (including phenoxy) is 2. The number of piperidine rings is 1. The molecule has 2 saturated heterocycles. The van der Waals surface area contributed by atoms with Crippen LogP contribution in [-0.2, 0) is 9.47 Å². The summed E-state index contributed by atoms with van der Waals surface area (Å²) in [7, 11) is 0. The Bertz CT molecular complexity index is 801. The van der Waals surface area contributed by atoms with Crippen molar-refractivity contribution in [3.05, 3.63) is 47.2 Å². The Morgan fingerprint density at radius 2 is 1.88 bits per heavy atom. The molecule has 136 valence electrons. The Kier molecular flexibility index (Phi) is 4.76. The van der Waals surface area contributed by atoms with Crippen LogP contribution in [0.4, 0.5) is 11.6 Å². The minimum Gasteiger partial charge on any atom is -0.347 e. The summed E-state index contributed by atoms with van der Waals surface area (Å²) in [6, 6.07) is 8.67. The van der Waals surface area contributed by atoms with Gasteiger partial charge in [-0.2, -0.15) is 0 Å². The van der Waals surface area contributed by atoms with Crippen molar-refractivity contribution in [3.8, 4) is 0 Å². The molecule has 0 unspecified atom stereocenters. The van der Waals surface area contributed by atoms with E-state index in [0.717, 1.165) is 25.9 Å². The molecule has 0 bridgehead atoms. The Labute approximate surface area is 156 Å². The van der Waals surface area contributed by atoms with Gasteiger partial charge in [-0.15, -0.1) is 0 Å². The van der Waals surface area contributed by atoms with Gasteiger partial charge in [-0.1, -0.05) is 23.7 Å². The largest absolute Gasteiger partial charge is 0.347 e. The molecule has 8 heteroatoms. The van der Waals surface area contributed by atoms with E-state index in [1.807, 2.05) is 17.0 Å². The number of halogens is 1. The van der Waals surface area contributed by atoms with Crippen molar-refractivity contribution in [1.82, 2.24) is 9.97 Å². The number of carbonyl (C=O) groups is 1. The van der Waals surface area contributed by atoms with E-state index in [0.29, 0.717) is 35.6 Å². The molecule has 1 spiro atoms. The number of hydrogen-bond donors (Lipinski definition) is 1. The lowest BCUT2D eigenvalue weighted by Gasteiger charge is -2.37. The third-order valence-electron chi connectivity index (χ3n) is 4.62. The van der Waals surface area contributed by atoms with Gasteiger partial charge in [0.05, 0.1) is 23.9 Å². The van der Waals surface area contributed by atoms with Crippen LogP contribution in [-0.4, -0.2) is 48.0 Å². The van der Waals surface area contributed by atoms with Crippen molar-refractivity contribution in [1.29, 1.82) is 0 Å². The highest BCUT2D eigenvalue weighted by atomic mass is 35.5. The van der Waals surface area contributed by atoms with Gasteiger partial charge in [0.15, 0.2) is 5.79 Å². The monoisotopic (exact) mass is 374 g/mol. The van der Waals surface area contributed by atoms with Gasteiger partial charge in [0, 0.05) is 32.1 Å². The Balaban J connectivity index is 1.45. The highest BCUT2D eigenvalue weighted by molar-refractivity contribution is 6.33. The molecule has 7 nitrogen and oxygen atoms in total. The fourth-order valence-corrected chi connectivity index (χ4v) is 3.39. The first-order chi connectivity index (χ1) is 12.7. The molecule has 2 fully saturated rings. The van der Waals surface area contributed by atoms with Crippen molar-refractivity contribution >= 4 is 29.1 Å². The molecule has 4 rings (SSSR count). The molecule has 0 saturated carbocycles. The van der Waals surface area contributed by atoms with Crippen LogP contribution in [0.15, 0.2) is 36.5 Å². The van der Waals surface area contributed by atoms with Gasteiger partial charge in [-0.05, 0) is 18.2 Å². The summed E-state index contributed by atoms with van der Waals surface area (Å²) in [5.41, 5.74) is 0.846. The first kappa shape index (κ1) is 17.2. The molecule has 2 aromatic rings.